The molecule has 60 valence electrons. The van der Waals surface area contributed by atoms with Crippen LogP contribution in [0.25, 0.3) is 0 Å². The van der Waals surface area contributed by atoms with Crippen molar-refractivity contribution in [3.63, 3.8) is 0 Å². The minimum atomic E-state index is -2.82. The summed E-state index contributed by atoms with van der Waals surface area (Å²) in [4.78, 5) is 0. The monoisotopic (exact) mass is 153 g/mol. The fourth-order valence-electron chi connectivity index (χ4n) is 1.10. The van der Waals surface area contributed by atoms with Crippen LogP contribution in [0.1, 0.15) is 19.3 Å². The van der Waals surface area contributed by atoms with Crippen LogP contribution in [0.15, 0.2) is 0 Å². The van der Waals surface area contributed by atoms with Crippen molar-refractivity contribution in [2.24, 2.45) is 5.73 Å². The first-order valence-electron chi connectivity index (χ1n) is 3.29. The van der Waals surface area contributed by atoms with Crippen LogP contribution in [-0.4, -0.2) is 18.1 Å². The van der Waals surface area contributed by atoms with Crippen LogP contribution >= 0.6 is 0 Å². The predicted octanol–water partition coefficient (Wildman–Crippen LogP) is 1.47. The molecule has 0 aromatic heterocycles. The van der Waals surface area contributed by atoms with E-state index in [0.29, 0.717) is 0 Å². The summed E-state index contributed by atoms with van der Waals surface area (Å²) in [6.07, 6.45) is -2.40. The molecule has 1 aliphatic carbocycles. The second kappa shape index (κ2) is 2.42. The molecule has 0 aromatic carbocycles. The molecule has 0 radical (unpaired) electrons. The summed E-state index contributed by atoms with van der Waals surface area (Å²) in [5, 5.41) is 0. The number of nitrogens with two attached hydrogens (primary N) is 1. The number of rotatable bonds is 0. The van der Waals surface area contributed by atoms with E-state index in [0.717, 1.165) is 0 Å². The number of alkyl halides is 3. The highest BCUT2D eigenvalue weighted by atomic mass is 19.3. The molecule has 0 aromatic rings. The van der Waals surface area contributed by atoms with Crippen LogP contribution in [0.4, 0.5) is 13.2 Å². The van der Waals surface area contributed by atoms with Gasteiger partial charge in [-0.1, -0.05) is 0 Å². The molecule has 1 aliphatic rings. The SMILES string of the molecule is NC1CCC(F)(F)CC1F. The molecular weight excluding hydrogens is 143 g/mol. The first kappa shape index (κ1) is 7.85. The Balaban J connectivity index is 2.49. The second-order valence-corrected chi connectivity index (χ2v) is 2.78. The summed E-state index contributed by atoms with van der Waals surface area (Å²) in [7, 11) is 0. The molecule has 1 fully saturated rings. The van der Waals surface area contributed by atoms with Crippen molar-refractivity contribution in [3.05, 3.63) is 0 Å². The molecule has 0 spiro atoms. The van der Waals surface area contributed by atoms with Gasteiger partial charge in [0, 0.05) is 18.9 Å². The van der Waals surface area contributed by atoms with E-state index in [1.165, 1.54) is 0 Å². The lowest BCUT2D eigenvalue weighted by Crippen LogP contribution is -2.42. The Bertz CT molecular complexity index is 126. The molecule has 2 N–H and O–H groups in total. The summed E-state index contributed by atoms with van der Waals surface area (Å²) in [6.45, 7) is 0. The maximum atomic E-state index is 12.5. The van der Waals surface area contributed by atoms with Gasteiger partial charge in [0.15, 0.2) is 0 Å². The third-order valence-corrected chi connectivity index (χ3v) is 1.80. The lowest BCUT2D eigenvalue weighted by Gasteiger charge is -2.28. The lowest BCUT2D eigenvalue weighted by molar-refractivity contribution is -0.0635. The van der Waals surface area contributed by atoms with Crippen LogP contribution in [-0.2, 0) is 0 Å². The molecule has 2 atom stereocenters. The fraction of sp³-hybridized carbons (Fsp3) is 1.00. The summed E-state index contributed by atoms with van der Waals surface area (Å²) in [5.41, 5.74) is 5.19. The highest BCUT2D eigenvalue weighted by molar-refractivity contribution is 4.86. The van der Waals surface area contributed by atoms with Gasteiger partial charge in [0.2, 0.25) is 0 Å². The first-order chi connectivity index (χ1) is 4.51. The van der Waals surface area contributed by atoms with Crippen molar-refractivity contribution in [1.29, 1.82) is 0 Å². The highest BCUT2D eigenvalue weighted by Crippen LogP contribution is 2.33. The van der Waals surface area contributed by atoms with Gasteiger partial charge < -0.3 is 5.73 Å². The first-order valence-corrected chi connectivity index (χ1v) is 3.29. The van der Waals surface area contributed by atoms with Crippen LogP contribution < -0.4 is 5.73 Å². The van der Waals surface area contributed by atoms with E-state index < -0.39 is 24.6 Å². The van der Waals surface area contributed by atoms with E-state index in [-0.39, 0.29) is 12.8 Å². The van der Waals surface area contributed by atoms with Crippen molar-refractivity contribution in [2.45, 2.75) is 37.4 Å². The minimum absolute atomic E-state index is 0.0914. The van der Waals surface area contributed by atoms with Gasteiger partial charge in [-0.3, -0.25) is 0 Å². The van der Waals surface area contributed by atoms with Crippen LogP contribution in [0.2, 0.25) is 0 Å². The molecule has 0 aliphatic heterocycles. The highest BCUT2D eigenvalue weighted by Gasteiger charge is 2.40. The van der Waals surface area contributed by atoms with Gasteiger partial charge in [-0.15, -0.1) is 0 Å². The normalized spacial score (nSPS) is 39.6. The summed E-state index contributed by atoms with van der Waals surface area (Å²) in [5.74, 6) is -2.82. The minimum Gasteiger partial charge on any atom is -0.325 e. The topological polar surface area (TPSA) is 26.0 Å². The Morgan fingerprint density at radius 1 is 1.40 bits per heavy atom. The number of halogens is 3. The quantitative estimate of drug-likeness (QED) is 0.560. The summed E-state index contributed by atoms with van der Waals surface area (Å²) in [6, 6.07) is -0.681. The van der Waals surface area contributed by atoms with E-state index in [4.69, 9.17) is 5.73 Å². The van der Waals surface area contributed by atoms with Gasteiger partial charge in [-0.05, 0) is 6.42 Å². The van der Waals surface area contributed by atoms with Gasteiger partial charge in [-0.2, -0.15) is 0 Å². The Morgan fingerprint density at radius 2 is 2.00 bits per heavy atom. The zero-order chi connectivity index (χ0) is 7.78. The molecule has 1 saturated carbocycles. The zero-order valence-corrected chi connectivity index (χ0v) is 5.49. The molecule has 0 amide bonds. The molecule has 0 bridgehead atoms. The smallest absolute Gasteiger partial charge is 0.251 e. The van der Waals surface area contributed by atoms with Gasteiger partial charge in [0.25, 0.3) is 5.92 Å². The third-order valence-electron chi connectivity index (χ3n) is 1.80. The summed E-state index contributed by atoms with van der Waals surface area (Å²) >= 11 is 0. The van der Waals surface area contributed by atoms with Gasteiger partial charge in [0.1, 0.15) is 6.17 Å². The number of hydrogen-bond acceptors (Lipinski definition) is 1. The van der Waals surface area contributed by atoms with Gasteiger partial charge in [0.05, 0.1) is 0 Å². The molecule has 0 heterocycles. The average Bonchev–Trinajstić information content (AvgIpc) is 1.79. The standard InChI is InChI=1S/C6H10F3N/c7-4-3-6(8,9)2-1-5(4)10/h4-5H,1-3,10H2. The van der Waals surface area contributed by atoms with Crippen molar-refractivity contribution >= 4 is 0 Å². The molecule has 0 saturated heterocycles. The molecule has 1 rings (SSSR count). The fourth-order valence-corrected chi connectivity index (χ4v) is 1.10. The molecule has 4 heteroatoms. The van der Waals surface area contributed by atoms with Crippen LogP contribution in [0.3, 0.4) is 0 Å². The van der Waals surface area contributed by atoms with Gasteiger partial charge in [-0.25, -0.2) is 13.2 Å². The third kappa shape index (κ3) is 1.62. The van der Waals surface area contributed by atoms with E-state index >= 15 is 0 Å². The van der Waals surface area contributed by atoms with Crippen molar-refractivity contribution in [1.82, 2.24) is 0 Å². The largest absolute Gasteiger partial charge is 0.325 e. The van der Waals surface area contributed by atoms with Gasteiger partial charge >= 0.3 is 0 Å². The number of hydrogen-bond donors (Lipinski definition) is 1. The van der Waals surface area contributed by atoms with Crippen LogP contribution in [0.5, 0.6) is 0 Å². The second-order valence-electron chi connectivity index (χ2n) is 2.78. The molecular formula is C6H10F3N. The average molecular weight is 153 g/mol. The van der Waals surface area contributed by atoms with Crippen molar-refractivity contribution in [2.75, 3.05) is 0 Å². The van der Waals surface area contributed by atoms with E-state index in [1.807, 2.05) is 0 Å². The van der Waals surface area contributed by atoms with E-state index in [1.54, 1.807) is 0 Å². The van der Waals surface area contributed by atoms with Crippen molar-refractivity contribution < 1.29 is 13.2 Å². The molecule has 2 unspecified atom stereocenters. The predicted molar refractivity (Wildman–Crippen MR) is 31.7 cm³/mol. The Hall–Kier alpha value is -0.250. The zero-order valence-electron chi connectivity index (χ0n) is 5.49. The lowest BCUT2D eigenvalue weighted by atomic mass is 9.91. The maximum Gasteiger partial charge on any atom is 0.251 e. The van der Waals surface area contributed by atoms with Crippen LogP contribution in [0, 0.1) is 0 Å². The van der Waals surface area contributed by atoms with Crippen molar-refractivity contribution in [3.8, 4) is 0 Å². The molecule has 1 nitrogen and oxygen atoms in total. The summed E-state index contributed by atoms with van der Waals surface area (Å²) < 4.78 is 37.1. The maximum absolute atomic E-state index is 12.5. The van der Waals surface area contributed by atoms with E-state index in [2.05, 4.69) is 0 Å². The van der Waals surface area contributed by atoms with E-state index in [9.17, 15) is 13.2 Å². The Kier molecular flexibility index (Phi) is 1.90. The molecule has 10 heavy (non-hydrogen) atoms. The Labute approximate surface area is 57.4 Å². The Morgan fingerprint density at radius 3 is 2.40 bits per heavy atom.